The maximum atomic E-state index is 8.52. The van der Waals surface area contributed by atoms with E-state index >= 15 is 0 Å². The lowest BCUT2D eigenvalue weighted by atomic mass is 10.0. The van der Waals surface area contributed by atoms with Gasteiger partial charge in [-0.3, -0.25) is 8.42 Å². The number of aliphatic hydroxyl groups excluding tert-OH is 2. The highest BCUT2D eigenvalue weighted by molar-refractivity contribution is 7.79. The summed E-state index contributed by atoms with van der Waals surface area (Å²) in [5.41, 5.74) is 0. The lowest BCUT2D eigenvalue weighted by molar-refractivity contribution is -0.657. The first-order chi connectivity index (χ1) is 21.6. The molecule has 0 rings (SSSR count). The quantitative estimate of drug-likeness (QED) is 0.0372. The minimum absolute atomic E-state index is 0.194. The fraction of sp³-hybridized carbons (Fsp3) is 1.00. The Hall–Kier alpha value is -0.290. The highest BCUT2D eigenvalue weighted by Crippen LogP contribution is 2.17. The van der Waals surface area contributed by atoms with Gasteiger partial charge in [0.15, 0.2) is 0 Å². The fourth-order valence-electron chi connectivity index (χ4n) is 5.41. The molecule has 0 aromatic carbocycles. The summed E-state index contributed by atoms with van der Waals surface area (Å²) in [5.74, 6) is 0. The molecule has 0 bridgehead atoms. The minimum Gasteiger partial charge on any atom is -0.759 e. The van der Waals surface area contributed by atoms with Gasteiger partial charge in [0.25, 0.3) is 0 Å². The van der Waals surface area contributed by atoms with Crippen LogP contribution in [0.15, 0.2) is 0 Å². The minimum atomic E-state index is -5.17. The van der Waals surface area contributed by atoms with Crippen LogP contribution in [0.3, 0.4) is 0 Å². The zero-order valence-corrected chi connectivity index (χ0v) is 31.1. The number of rotatable bonds is 32. The largest absolute Gasteiger partial charge is 0.759 e. The Bertz CT molecular complexity index is 579. The van der Waals surface area contributed by atoms with E-state index in [2.05, 4.69) is 27.7 Å². The summed E-state index contributed by atoms with van der Waals surface area (Å²) in [6, 6.07) is 0. The van der Waals surface area contributed by atoms with Gasteiger partial charge >= 0.3 is 0 Å². The molecule has 0 aromatic rings. The molecule has 0 aliphatic carbocycles. The van der Waals surface area contributed by atoms with Crippen LogP contribution in [-0.2, 0) is 15.1 Å². The molecule has 0 amide bonds. The standard InChI is InChI=1S/C32H66O.C4H11NO2.H2O4S/c1-5-7-9-11-13-15-17-19-21-23-25-27-29-31(3)33-32(4)30-28-26-24-22-20-18-16-14-12-10-8-6-2;6-3-1-5-2-4-7;1-5(2,3)4/h31-32H,5-30H2,1-4H3;5-7H,1-4H2;(H2,1,2,3,4)/p-1. The van der Waals surface area contributed by atoms with Crippen molar-refractivity contribution in [3.8, 4) is 0 Å². The molecule has 0 aliphatic heterocycles. The molecule has 0 aliphatic rings. The van der Waals surface area contributed by atoms with Crippen LogP contribution >= 0.6 is 0 Å². The van der Waals surface area contributed by atoms with Crippen LogP contribution in [0, 0.1) is 0 Å². The van der Waals surface area contributed by atoms with Gasteiger partial charge in [-0.15, -0.1) is 0 Å². The van der Waals surface area contributed by atoms with Crippen molar-refractivity contribution in [2.75, 3.05) is 26.3 Å². The van der Waals surface area contributed by atoms with Crippen molar-refractivity contribution in [3.63, 3.8) is 0 Å². The van der Waals surface area contributed by atoms with Crippen LogP contribution < -0.4 is 5.32 Å². The predicted octanol–water partition coefficient (Wildman–Crippen LogP) is 8.16. The first kappa shape index (κ1) is 49.1. The van der Waals surface area contributed by atoms with Gasteiger partial charge in [0.2, 0.25) is 0 Å². The number of hydrogen-bond donors (Lipinski definition) is 3. The van der Waals surface area contributed by atoms with Crippen LogP contribution in [0.5, 0.6) is 0 Å². The topological polar surface area (TPSA) is 147 Å². The number of quaternary nitrogens is 1. The van der Waals surface area contributed by atoms with E-state index in [1.165, 1.54) is 167 Å². The molecule has 0 aromatic heterocycles. The van der Waals surface area contributed by atoms with Crippen molar-refractivity contribution in [3.05, 3.63) is 0 Å². The maximum Gasteiger partial charge on any atom is 0.0991 e. The van der Waals surface area contributed by atoms with E-state index in [-0.39, 0.29) is 13.2 Å². The fourth-order valence-corrected chi connectivity index (χ4v) is 5.41. The van der Waals surface area contributed by atoms with E-state index in [0.717, 1.165) is 0 Å². The maximum absolute atomic E-state index is 8.52. The van der Waals surface area contributed by atoms with Crippen molar-refractivity contribution < 1.29 is 37.8 Å². The number of aliphatic hydroxyl groups is 2. The summed E-state index contributed by atoms with van der Waals surface area (Å²) < 4.78 is 40.3. The molecule has 0 heterocycles. The molecule has 276 valence electrons. The molecule has 0 saturated carbocycles. The first-order valence-electron chi connectivity index (χ1n) is 19.0. The summed E-state index contributed by atoms with van der Waals surface area (Å²) in [6.45, 7) is 11.0. The molecule has 0 saturated heterocycles. The number of unbranched alkanes of at least 4 members (excludes halogenated alkanes) is 22. The first-order valence-corrected chi connectivity index (χ1v) is 20.3. The Balaban J connectivity index is -0.00000123. The van der Waals surface area contributed by atoms with Gasteiger partial charge in [-0.1, -0.05) is 168 Å². The second-order valence-electron chi connectivity index (χ2n) is 12.8. The van der Waals surface area contributed by atoms with Gasteiger partial charge < -0.3 is 29.4 Å². The molecule has 4 N–H and O–H groups in total. The Labute approximate surface area is 280 Å². The summed E-state index contributed by atoms with van der Waals surface area (Å²) >= 11 is 0. The third kappa shape index (κ3) is 59.6. The molecule has 8 nitrogen and oxygen atoms in total. The van der Waals surface area contributed by atoms with Crippen LogP contribution in [0.4, 0.5) is 0 Å². The van der Waals surface area contributed by atoms with Crippen molar-refractivity contribution in [2.24, 2.45) is 0 Å². The van der Waals surface area contributed by atoms with E-state index in [4.69, 9.17) is 32.5 Å². The summed E-state index contributed by atoms with van der Waals surface area (Å²) in [6.07, 6.45) is 37.7. The van der Waals surface area contributed by atoms with Gasteiger partial charge in [0.1, 0.15) is 0 Å². The van der Waals surface area contributed by atoms with E-state index in [9.17, 15) is 0 Å². The highest BCUT2D eigenvalue weighted by Gasteiger charge is 2.08. The van der Waals surface area contributed by atoms with E-state index in [1.807, 2.05) is 5.32 Å². The molecule has 0 fully saturated rings. The third-order valence-corrected chi connectivity index (χ3v) is 8.06. The Morgan fingerprint density at radius 3 is 0.956 bits per heavy atom. The van der Waals surface area contributed by atoms with Crippen molar-refractivity contribution in [1.82, 2.24) is 0 Å². The van der Waals surface area contributed by atoms with E-state index in [0.29, 0.717) is 25.3 Å². The second-order valence-corrected chi connectivity index (χ2v) is 13.7. The number of ether oxygens (including phenoxy) is 1. The molecular formula is C36H78NO7S-. The van der Waals surface area contributed by atoms with Crippen LogP contribution in [0.2, 0.25) is 0 Å². The summed E-state index contributed by atoms with van der Waals surface area (Å²) in [5, 5.41) is 18.2. The smallest absolute Gasteiger partial charge is 0.0991 e. The van der Waals surface area contributed by atoms with Crippen molar-refractivity contribution in [2.45, 2.75) is 207 Å². The second kappa shape index (κ2) is 41.7. The van der Waals surface area contributed by atoms with E-state index in [1.54, 1.807) is 0 Å². The SMILES string of the molecule is CCCCCCCCCCCCCCC(C)OC(C)CCCCCCCCCCCCCC.O=S(=O)([O-])[O-].OCC[NH2+]CCO. The van der Waals surface area contributed by atoms with Crippen LogP contribution in [0.1, 0.15) is 195 Å². The zero-order chi connectivity index (χ0) is 34.3. The molecular weight excluding hydrogens is 590 g/mol. The molecule has 2 atom stereocenters. The van der Waals surface area contributed by atoms with Gasteiger partial charge in [-0.2, -0.15) is 0 Å². The average molecular weight is 669 g/mol. The number of nitrogens with two attached hydrogens (primary N) is 1. The van der Waals surface area contributed by atoms with Gasteiger partial charge in [0.05, 0.1) is 38.5 Å². The normalized spacial score (nSPS) is 12.6. The number of hydrogen-bond acceptors (Lipinski definition) is 7. The zero-order valence-electron chi connectivity index (χ0n) is 30.3. The molecule has 45 heavy (non-hydrogen) atoms. The Morgan fingerprint density at radius 2 is 0.733 bits per heavy atom. The van der Waals surface area contributed by atoms with Crippen molar-refractivity contribution in [1.29, 1.82) is 0 Å². The molecule has 2 unspecified atom stereocenters. The Kier molecular flexibility index (Phi) is 45.5. The Morgan fingerprint density at radius 1 is 0.511 bits per heavy atom. The van der Waals surface area contributed by atoms with E-state index < -0.39 is 10.4 Å². The van der Waals surface area contributed by atoms with Gasteiger partial charge in [0, 0.05) is 10.4 Å². The monoisotopic (exact) mass is 669 g/mol. The van der Waals surface area contributed by atoms with Gasteiger partial charge in [-0.05, 0) is 26.7 Å². The van der Waals surface area contributed by atoms with Crippen LogP contribution in [0.25, 0.3) is 0 Å². The average Bonchev–Trinajstić information content (AvgIpc) is 2.98. The third-order valence-electron chi connectivity index (χ3n) is 8.06. The lowest BCUT2D eigenvalue weighted by Gasteiger charge is -2.19. The summed E-state index contributed by atoms with van der Waals surface area (Å²) in [4.78, 5) is 0. The predicted molar refractivity (Wildman–Crippen MR) is 188 cm³/mol. The molecule has 0 spiro atoms. The van der Waals surface area contributed by atoms with Gasteiger partial charge in [-0.25, -0.2) is 0 Å². The molecule has 0 radical (unpaired) electrons. The van der Waals surface area contributed by atoms with Crippen molar-refractivity contribution >= 4 is 10.4 Å². The van der Waals surface area contributed by atoms with Crippen LogP contribution in [-0.4, -0.2) is 66.2 Å². The summed E-state index contributed by atoms with van der Waals surface area (Å²) in [7, 11) is -5.17. The molecule has 9 heteroatoms. The highest BCUT2D eigenvalue weighted by atomic mass is 32.3. The lowest BCUT2D eigenvalue weighted by Crippen LogP contribution is -2.85.